The summed E-state index contributed by atoms with van der Waals surface area (Å²) >= 11 is 1.64. The number of esters is 1. The van der Waals surface area contributed by atoms with Crippen LogP contribution in [0.3, 0.4) is 0 Å². The summed E-state index contributed by atoms with van der Waals surface area (Å²) in [5.41, 5.74) is 2.83. The first-order valence-corrected chi connectivity index (χ1v) is 10.0. The molecule has 4 heterocycles. The molecule has 0 spiro atoms. The van der Waals surface area contributed by atoms with Gasteiger partial charge in [0.15, 0.2) is 5.65 Å². The van der Waals surface area contributed by atoms with Gasteiger partial charge in [0, 0.05) is 10.3 Å². The number of aromatic nitrogens is 5. The molecule has 9 heteroatoms. The molecular formula is C19H18N6O2S. The molecular weight excluding hydrogens is 376 g/mol. The molecule has 0 aromatic carbocycles. The van der Waals surface area contributed by atoms with Gasteiger partial charge in [-0.3, -0.25) is 9.89 Å². The third-order valence-corrected chi connectivity index (χ3v) is 6.18. The summed E-state index contributed by atoms with van der Waals surface area (Å²) in [7, 11) is 0. The van der Waals surface area contributed by atoms with E-state index in [1.165, 1.54) is 10.4 Å². The van der Waals surface area contributed by atoms with Gasteiger partial charge in [0.05, 0.1) is 36.0 Å². The fourth-order valence-corrected chi connectivity index (χ4v) is 4.97. The number of carbonyl (C=O) groups excluding carboxylic acids is 1. The smallest absolute Gasteiger partial charge is 0.309 e. The van der Waals surface area contributed by atoms with Crippen molar-refractivity contribution in [1.29, 1.82) is 0 Å². The lowest BCUT2D eigenvalue weighted by Gasteiger charge is -2.20. The summed E-state index contributed by atoms with van der Waals surface area (Å²) < 4.78 is 5.21. The number of fused-ring (bicyclic) bond motifs is 4. The Labute approximate surface area is 164 Å². The zero-order chi connectivity index (χ0) is 19.1. The Morgan fingerprint density at radius 1 is 1.36 bits per heavy atom. The monoisotopic (exact) mass is 394 g/mol. The molecule has 4 aromatic rings. The summed E-state index contributed by atoms with van der Waals surface area (Å²) in [6, 6.07) is 1.98. The van der Waals surface area contributed by atoms with Crippen LogP contribution in [0.1, 0.15) is 23.8 Å². The molecule has 0 aliphatic heterocycles. The van der Waals surface area contributed by atoms with Crippen LogP contribution in [-0.2, 0) is 22.4 Å². The average Bonchev–Trinajstić information content (AvgIpc) is 3.31. The Hall–Kier alpha value is -3.07. The van der Waals surface area contributed by atoms with Crippen LogP contribution < -0.4 is 5.32 Å². The molecule has 0 amide bonds. The largest absolute Gasteiger partial charge is 0.466 e. The number of thiophene rings is 1. The van der Waals surface area contributed by atoms with Crippen molar-refractivity contribution in [3.63, 3.8) is 0 Å². The first-order chi connectivity index (χ1) is 13.7. The van der Waals surface area contributed by atoms with Crippen LogP contribution in [-0.4, -0.2) is 37.7 Å². The van der Waals surface area contributed by atoms with E-state index < -0.39 is 0 Å². The zero-order valence-electron chi connectivity index (χ0n) is 15.2. The Morgan fingerprint density at radius 3 is 3.18 bits per heavy atom. The van der Waals surface area contributed by atoms with Gasteiger partial charge in [0.25, 0.3) is 0 Å². The van der Waals surface area contributed by atoms with E-state index in [0.717, 1.165) is 45.6 Å². The van der Waals surface area contributed by atoms with Crippen LogP contribution in [0, 0.1) is 5.92 Å². The number of ether oxygens (including phenoxy) is 1. The predicted molar refractivity (Wildman–Crippen MR) is 107 cm³/mol. The molecule has 2 N–H and O–H groups in total. The fraction of sp³-hybridized carbons (Fsp3) is 0.316. The fourth-order valence-electron chi connectivity index (χ4n) is 3.71. The molecule has 0 fully saturated rings. The maximum atomic E-state index is 12.1. The van der Waals surface area contributed by atoms with Crippen molar-refractivity contribution in [1.82, 2.24) is 25.1 Å². The third kappa shape index (κ3) is 2.88. The number of pyridine rings is 1. The summed E-state index contributed by atoms with van der Waals surface area (Å²) in [6.45, 7) is 2.26. The Bertz CT molecular complexity index is 1180. The van der Waals surface area contributed by atoms with E-state index in [0.29, 0.717) is 13.0 Å². The number of aromatic amines is 1. The number of H-pyrrole nitrogens is 1. The van der Waals surface area contributed by atoms with Crippen LogP contribution in [0.25, 0.3) is 21.3 Å². The Morgan fingerprint density at radius 2 is 2.29 bits per heavy atom. The van der Waals surface area contributed by atoms with Gasteiger partial charge in [-0.2, -0.15) is 5.10 Å². The molecule has 4 aromatic heterocycles. The van der Waals surface area contributed by atoms with Crippen LogP contribution in [0.2, 0.25) is 0 Å². The highest BCUT2D eigenvalue weighted by molar-refractivity contribution is 7.19. The van der Waals surface area contributed by atoms with Gasteiger partial charge in [0.2, 0.25) is 0 Å². The van der Waals surface area contributed by atoms with Gasteiger partial charge in [-0.25, -0.2) is 15.0 Å². The van der Waals surface area contributed by atoms with Gasteiger partial charge in [0.1, 0.15) is 17.0 Å². The second-order valence-electron chi connectivity index (χ2n) is 6.75. The lowest BCUT2D eigenvalue weighted by atomic mass is 9.88. The number of nitrogens with zero attached hydrogens (tertiary/aromatic N) is 4. The lowest BCUT2D eigenvalue weighted by molar-refractivity contribution is -0.148. The molecule has 142 valence electrons. The highest BCUT2D eigenvalue weighted by atomic mass is 32.1. The van der Waals surface area contributed by atoms with Crippen molar-refractivity contribution in [3.8, 4) is 0 Å². The summed E-state index contributed by atoms with van der Waals surface area (Å²) in [5.74, 6) is 0.592. The van der Waals surface area contributed by atoms with Gasteiger partial charge >= 0.3 is 5.97 Å². The van der Waals surface area contributed by atoms with E-state index in [4.69, 9.17) is 4.74 Å². The van der Waals surface area contributed by atoms with E-state index in [1.54, 1.807) is 30.1 Å². The van der Waals surface area contributed by atoms with Crippen molar-refractivity contribution in [3.05, 3.63) is 35.2 Å². The molecule has 0 saturated heterocycles. The van der Waals surface area contributed by atoms with E-state index in [1.807, 2.05) is 13.0 Å². The topological polar surface area (TPSA) is 106 Å². The normalized spacial score (nSPS) is 16.2. The molecule has 8 nitrogen and oxygen atoms in total. The molecule has 1 atom stereocenters. The summed E-state index contributed by atoms with van der Waals surface area (Å²) in [6.07, 6.45) is 7.37. The first kappa shape index (κ1) is 17.1. The molecule has 1 aliphatic rings. The number of nitrogens with one attached hydrogen (secondary N) is 2. The van der Waals surface area contributed by atoms with Crippen molar-refractivity contribution in [2.24, 2.45) is 5.92 Å². The number of carbonyl (C=O) groups is 1. The number of hydrogen-bond acceptors (Lipinski definition) is 8. The maximum absolute atomic E-state index is 12.1. The number of aryl methyl sites for hydroxylation is 1. The highest BCUT2D eigenvalue weighted by Crippen LogP contribution is 2.40. The van der Waals surface area contributed by atoms with Crippen molar-refractivity contribution >= 4 is 50.1 Å². The van der Waals surface area contributed by atoms with Gasteiger partial charge in [-0.1, -0.05) is 0 Å². The molecule has 0 bridgehead atoms. The van der Waals surface area contributed by atoms with Crippen LogP contribution in [0.4, 0.5) is 11.5 Å². The quantitative estimate of drug-likeness (QED) is 0.511. The third-order valence-electron chi connectivity index (χ3n) is 5.02. The van der Waals surface area contributed by atoms with E-state index in [-0.39, 0.29) is 11.9 Å². The molecule has 0 unspecified atom stereocenters. The lowest BCUT2D eigenvalue weighted by Crippen LogP contribution is -2.23. The molecule has 5 rings (SSSR count). The molecule has 0 radical (unpaired) electrons. The average molecular weight is 394 g/mol. The number of hydrogen-bond donors (Lipinski definition) is 2. The predicted octanol–water partition coefficient (Wildman–Crippen LogP) is 3.37. The standard InChI is InChI=1S/C19H18N6O2S/c1-2-27-19(26)10-3-4-13-14(6-10)28-18-15(13)17(21-9-22-18)24-12-5-11-7-23-25-16(11)20-8-12/h5,7-10H,2-4,6H2,1H3,(H,20,23,25)(H,21,22,24)/t10-/m0/s1. The summed E-state index contributed by atoms with van der Waals surface area (Å²) in [5, 5.41) is 12.2. The highest BCUT2D eigenvalue weighted by Gasteiger charge is 2.29. The maximum Gasteiger partial charge on any atom is 0.309 e. The van der Waals surface area contributed by atoms with Crippen LogP contribution >= 0.6 is 11.3 Å². The van der Waals surface area contributed by atoms with Gasteiger partial charge in [-0.05, 0) is 37.8 Å². The van der Waals surface area contributed by atoms with Crippen molar-refractivity contribution < 1.29 is 9.53 Å². The number of rotatable bonds is 4. The van der Waals surface area contributed by atoms with Crippen molar-refractivity contribution in [2.75, 3.05) is 11.9 Å². The van der Waals surface area contributed by atoms with Crippen LogP contribution in [0.15, 0.2) is 24.8 Å². The van der Waals surface area contributed by atoms with E-state index >= 15 is 0 Å². The second kappa shape index (κ2) is 6.83. The Balaban J connectivity index is 1.50. The van der Waals surface area contributed by atoms with Crippen molar-refractivity contribution in [2.45, 2.75) is 26.2 Å². The molecule has 0 saturated carbocycles. The Kier molecular flexibility index (Phi) is 4.16. The second-order valence-corrected chi connectivity index (χ2v) is 7.84. The van der Waals surface area contributed by atoms with Gasteiger partial charge in [-0.15, -0.1) is 11.3 Å². The minimum Gasteiger partial charge on any atom is -0.466 e. The number of anilines is 2. The molecule has 28 heavy (non-hydrogen) atoms. The zero-order valence-corrected chi connectivity index (χ0v) is 16.0. The van der Waals surface area contributed by atoms with Gasteiger partial charge < -0.3 is 10.1 Å². The minimum absolute atomic E-state index is 0.0717. The molecule has 1 aliphatic carbocycles. The SMILES string of the molecule is CCOC(=O)[C@H]1CCc2c(sc3ncnc(Nc4cnc5[nH]ncc5c4)c23)C1. The van der Waals surface area contributed by atoms with Crippen LogP contribution in [0.5, 0.6) is 0 Å². The van der Waals surface area contributed by atoms with E-state index in [2.05, 4.69) is 30.5 Å². The summed E-state index contributed by atoms with van der Waals surface area (Å²) in [4.78, 5) is 27.6. The minimum atomic E-state index is -0.102. The van der Waals surface area contributed by atoms with E-state index in [9.17, 15) is 4.79 Å². The first-order valence-electron chi connectivity index (χ1n) is 9.21.